The maximum atomic E-state index is 6.90. The van der Waals surface area contributed by atoms with E-state index in [9.17, 15) is 0 Å². The van der Waals surface area contributed by atoms with E-state index in [0.29, 0.717) is 0 Å². The highest BCUT2D eigenvalue weighted by Gasteiger charge is 2.54. The van der Waals surface area contributed by atoms with E-state index in [1.807, 2.05) is 12.1 Å². The minimum atomic E-state index is -0.580. The lowest BCUT2D eigenvalue weighted by molar-refractivity contribution is 0.434. The fraction of sp³-hybridized carbons (Fsp3) is 0.0490. The van der Waals surface area contributed by atoms with Gasteiger partial charge in [0.15, 0.2) is 0 Å². The molecule has 4 aliphatic rings. The molecule has 2 spiro atoms. The van der Waals surface area contributed by atoms with Gasteiger partial charge in [-0.3, -0.25) is 4.57 Å². The summed E-state index contributed by atoms with van der Waals surface area (Å²) in [6, 6.07) is 136. The molecule has 3 aliphatic heterocycles. The quantitative estimate of drug-likeness (QED) is 0.172. The van der Waals surface area contributed by atoms with Crippen LogP contribution in [0.3, 0.4) is 0 Å². The summed E-state index contributed by atoms with van der Waals surface area (Å²) in [6.45, 7) is 4.84. The molecule has 24 rings (SSSR count). The molecule has 108 heavy (non-hydrogen) atoms. The first-order valence-electron chi connectivity index (χ1n) is 37.5. The van der Waals surface area contributed by atoms with Gasteiger partial charge in [0, 0.05) is 65.8 Å². The van der Waals surface area contributed by atoms with Crippen LogP contribution in [0.15, 0.2) is 370 Å². The van der Waals surface area contributed by atoms with Gasteiger partial charge in [0.25, 0.3) is 0 Å². The summed E-state index contributed by atoms with van der Waals surface area (Å²) in [7, 11) is 0. The number of aromatic nitrogens is 5. The van der Waals surface area contributed by atoms with Gasteiger partial charge in [-0.1, -0.05) is 293 Å². The molecule has 6 nitrogen and oxygen atoms in total. The number of fused-ring (bicyclic) bond motifs is 26. The summed E-state index contributed by atoms with van der Waals surface area (Å²) in [5, 5.41) is 7.67. The van der Waals surface area contributed by atoms with Gasteiger partial charge >= 0.3 is 0 Å². The standard InChI is InChI=1S/C52H36N2.C50H31N3O/c1-51(2)40-20-8-9-21-41(40)52(43-22-10-13-26-48(43)54-47-25-12-7-18-37(47)39-19-14-23-44(52)50(39)54)42-30-28-33(31-45(42)51)34-27-29-38-36-17-6-11-24-46(36)53(49(38)32-34)35-15-4-3-5-16-35;1-2-13-35(14-3-1)52-45-23-10-7-20-42(45)51-49(52)33-27-25-32(26-28-33)34-29-30-40-47(31-34)54-46-24-11-6-18-39(46)50(40)38-17-5-9-22-44(38)53-43-21-8-4-15-36(43)37-16-12-19-41(50)48(37)53/h3-32H,1-2H3;1-31H. The average molecular weight is 1380 g/mol. The predicted octanol–water partition coefficient (Wildman–Crippen LogP) is 25.1. The molecule has 2 unspecified atom stereocenters. The summed E-state index contributed by atoms with van der Waals surface area (Å²) >= 11 is 0. The molecule has 0 N–H and O–H groups in total. The molecule has 4 aromatic heterocycles. The Labute approximate surface area is 624 Å². The van der Waals surface area contributed by atoms with E-state index >= 15 is 0 Å². The van der Waals surface area contributed by atoms with Crippen LogP contribution < -0.4 is 4.74 Å². The van der Waals surface area contributed by atoms with Gasteiger partial charge in [-0.2, -0.15) is 0 Å². The topological polar surface area (TPSA) is 41.8 Å². The van der Waals surface area contributed by atoms with E-state index in [0.717, 1.165) is 61.9 Å². The van der Waals surface area contributed by atoms with Crippen molar-refractivity contribution in [3.63, 3.8) is 0 Å². The number of hydrogen-bond acceptors (Lipinski definition) is 2. The third kappa shape index (κ3) is 8.12. The van der Waals surface area contributed by atoms with Crippen molar-refractivity contribution < 1.29 is 4.74 Å². The lowest BCUT2D eigenvalue weighted by atomic mass is 9.53. The van der Waals surface area contributed by atoms with Crippen molar-refractivity contribution in [3.8, 4) is 67.9 Å². The number of ether oxygens (including phenoxy) is 1. The maximum absolute atomic E-state index is 6.90. The Balaban J connectivity index is 0.000000130. The first-order chi connectivity index (χ1) is 53.3. The second-order valence-electron chi connectivity index (χ2n) is 30.0. The Morgan fingerprint density at radius 3 is 1.29 bits per heavy atom. The van der Waals surface area contributed by atoms with E-state index in [4.69, 9.17) is 9.72 Å². The molecular formula is C102H67N5O. The van der Waals surface area contributed by atoms with Crippen LogP contribution in [0.1, 0.15) is 69.5 Å². The average Bonchev–Trinajstić information content (AvgIpc) is 1.27. The fourth-order valence-electron chi connectivity index (χ4n) is 19.9. The normalized spacial score (nSPS) is 15.9. The molecule has 0 fully saturated rings. The van der Waals surface area contributed by atoms with E-state index < -0.39 is 10.8 Å². The largest absolute Gasteiger partial charge is 0.457 e. The van der Waals surface area contributed by atoms with Crippen LogP contribution in [0.2, 0.25) is 0 Å². The number of hydrogen-bond donors (Lipinski definition) is 0. The lowest BCUT2D eigenvalue weighted by Crippen LogP contribution is -2.44. The Morgan fingerprint density at radius 1 is 0.241 bits per heavy atom. The summed E-state index contributed by atoms with van der Waals surface area (Å²) in [6.07, 6.45) is 0. The van der Waals surface area contributed by atoms with E-state index in [2.05, 4.69) is 390 Å². The van der Waals surface area contributed by atoms with Gasteiger partial charge in [-0.15, -0.1) is 0 Å². The third-order valence-corrected chi connectivity index (χ3v) is 24.4. The summed E-state index contributed by atoms with van der Waals surface area (Å²) in [5.41, 5.74) is 31.7. The van der Waals surface area contributed by atoms with Crippen LogP contribution >= 0.6 is 0 Å². The zero-order valence-corrected chi connectivity index (χ0v) is 59.4. The minimum absolute atomic E-state index is 0.233. The first-order valence-corrected chi connectivity index (χ1v) is 37.5. The molecule has 2 atom stereocenters. The van der Waals surface area contributed by atoms with Crippen molar-refractivity contribution in [1.82, 2.24) is 23.3 Å². The van der Waals surface area contributed by atoms with Crippen molar-refractivity contribution in [2.75, 3.05) is 0 Å². The highest BCUT2D eigenvalue weighted by atomic mass is 16.5. The first kappa shape index (κ1) is 60.6. The number of para-hydroxylation sites is 12. The zero-order chi connectivity index (χ0) is 71.1. The second kappa shape index (κ2) is 22.6. The molecule has 20 aromatic rings. The number of imidazole rings is 1. The summed E-state index contributed by atoms with van der Waals surface area (Å²) < 4.78 is 16.6. The van der Waals surface area contributed by atoms with E-state index in [1.54, 1.807) is 0 Å². The van der Waals surface area contributed by atoms with Crippen LogP contribution in [0, 0.1) is 0 Å². The van der Waals surface area contributed by atoms with Crippen LogP contribution in [-0.4, -0.2) is 23.3 Å². The maximum Gasteiger partial charge on any atom is 0.145 e. The van der Waals surface area contributed by atoms with Gasteiger partial charge in [-0.05, 0) is 158 Å². The van der Waals surface area contributed by atoms with Crippen LogP contribution in [-0.2, 0) is 16.2 Å². The molecule has 0 amide bonds. The Bertz CT molecular complexity index is 7190. The number of nitrogens with zero attached hydrogens (tertiary/aromatic N) is 5. The molecule has 0 radical (unpaired) electrons. The Kier molecular flexibility index (Phi) is 12.7. The van der Waals surface area contributed by atoms with Gasteiger partial charge in [0.1, 0.15) is 17.3 Å². The molecule has 16 aromatic carbocycles. The van der Waals surface area contributed by atoms with Crippen LogP contribution in [0.5, 0.6) is 11.5 Å². The number of benzene rings is 16. The van der Waals surface area contributed by atoms with Crippen LogP contribution in [0.4, 0.5) is 0 Å². The van der Waals surface area contributed by atoms with Crippen molar-refractivity contribution in [1.29, 1.82) is 0 Å². The second-order valence-corrected chi connectivity index (χ2v) is 30.0. The minimum Gasteiger partial charge on any atom is -0.457 e. The van der Waals surface area contributed by atoms with Crippen molar-refractivity contribution in [2.24, 2.45) is 0 Å². The lowest BCUT2D eigenvalue weighted by Gasteiger charge is -2.50. The van der Waals surface area contributed by atoms with E-state index in [1.165, 1.54) is 138 Å². The van der Waals surface area contributed by atoms with E-state index in [-0.39, 0.29) is 5.41 Å². The summed E-state index contributed by atoms with van der Waals surface area (Å²) in [4.78, 5) is 5.09. The zero-order valence-electron chi connectivity index (χ0n) is 59.4. The van der Waals surface area contributed by atoms with Crippen LogP contribution in [0.25, 0.3) is 133 Å². The smallest absolute Gasteiger partial charge is 0.145 e. The van der Waals surface area contributed by atoms with Gasteiger partial charge in [0.2, 0.25) is 0 Å². The van der Waals surface area contributed by atoms with Gasteiger partial charge in [0.05, 0.1) is 66.3 Å². The molecule has 0 saturated carbocycles. The number of rotatable bonds is 5. The Morgan fingerprint density at radius 2 is 0.648 bits per heavy atom. The fourth-order valence-corrected chi connectivity index (χ4v) is 19.9. The van der Waals surface area contributed by atoms with Gasteiger partial charge in [-0.25, -0.2) is 4.98 Å². The highest BCUT2D eigenvalue weighted by molar-refractivity contribution is 6.14. The van der Waals surface area contributed by atoms with Crippen molar-refractivity contribution >= 4 is 76.5 Å². The molecule has 7 heterocycles. The Hall–Kier alpha value is -13.8. The van der Waals surface area contributed by atoms with Crippen molar-refractivity contribution in [2.45, 2.75) is 30.1 Å². The molecule has 1 aliphatic carbocycles. The predicted molar refractivity (Wildman–Crippen MR) is 443 cm³/mol. The molecule has 6 heteroatoms. The molecular weight excluding hydrogens is 1310 g/mol. The van der Waals surface area contributed by atoms with Crippen molar-refractivity contribution in [3.05, 3.63) is 426 Å². The van der Waals surface area contributed by atoms with Gasteiger partial charge < -0.3 is 18.4 Å². The molecule has 506 valence electrons. The summed E-state index contributed by atoms with van der Waals surface area (Å²) in [5.74, 6) is 2.68. The molecule has 0 saturated heterocycles. The molecule has 0 bridgehead atoms. The SMILES string of the molecule is CC1(C)c2ccccc2C2(c3ccccc3-n3c4ccccc4c4cccc2c43)c2ccc(-c3ccc4c5ccccc5n(-c5ccccc5)c4c3)cc21.c1ccc(-n2c(-c3ccc(-c4ccc5c(c4)Oc4ccccc4C54c5ccccc5-n5c6ccccc6c6cccc4c65)cc3)nc3ccccc32)cc1. The third-order valence-electron chi connectivity index (χ3n) is 24.4. The monoisotopic (exact) mass is 1380 g/mol. The highest BCUT2D eigenvalue weighted by Crippen LogP contribution is 2.63.